The van der Waals surface area contributed by atoms with Crippen LogP contribution in [0.2, 0.25) is 0 Å². The predicted octanol–water partition coefficient (Wildman–Crippen LogP) is 3.00. The third-order valence-electron chi connectivity index (χ3n) is 3.41. The van der Waals surface area contributed by atoms with Crippen molar-refractivity contribution in [2.75, 3.05) is 0 Å². The summed E-state index contributed by atoms with van der Waals surface area (Å²) in [6, 6.07) is 12.3. The molecular weight excluding hydrogens is 286 g/mol. The van der Waals surface area contributed by atoms with Crippen LogP contribution in [0.1, 0.15) is 15.2 Å². The van der Waals surface area contributed by atoms with Crippen molar-refractivity contribution in [3.63, 3.8) is 0 Å². The number of thiophene rings is 1. The zero-order valence-corrected chi connectivity index (χ0v) is 12.0. The zero-order chi connectivity index (χ0) is 14.8. The molecule has 3 aromatic rings. The van der Waals surface area contributed by atoms with E-state index in [2.05, 4.69) is 0 Å². The lowest BCUT2D eigenvalue weighted by Gasteiger charge is -2.11. The fourth-order valence-corrected chi connectivity index (χ4v) is 3.12. The van der Waals surface area contributed by atoms with Gasteiger partial charge in [0.05, 0.1) is 11.1 Å². The summed E-state index contributed by atoms with van der Waals surface area (Å²) < 4.78 is 1.64. The van der Waals surface area contributed by atoms with E-state index in [1.165, 1.54) is 10.9 Å². The second-order valence-electron chi connectivity index (χ2n) is 4.70. The summed E-state index contributed by atoms with van der Waals surface area (Å²) in [6.07, 6.45) is 0.758. The molecule has 0 saturated carbocycles. The van der Waals surface area contributed by atoms with Crippen molar-refractivity contribution in [2.45, 2.75) is 13.0 Å². The lowest BCUT2D eigenvalue weighted by molar-refractivity contribution is 0.0698. The maximum absolute atomic E-state index is 12.2. The van der Waals surface area contributed by atoms with Gasteiger partial charge in [-0.2, -0.15) is 0 Å². The van der Waals surface area contributed by atoms with E-state index >= 15 is 0 Å². The third-order valence-corrected chi connectivity index (χ3v) is 4.35. The van der Waals surface area contributed by atoms with Gasteiger partial charge in [-0.05, 0) is 23.9 Å². The minimum Gasteiger partial charge on any atom is -0.478 e. The molecule has 2 heterocycles. The number of carboxylic acids is 1. The highest BCUT2D eigenvalue weighted by molar-refractivity contribution is 7.09. The highest BCUT2D eigenvalue weighted by Crippen LogP contribution is 2.18. The molecule has 0 amide bonds. The van der Waals surface area contributed by atoms with Gasteiger partial charge in [0.2, 0.25) is 0 Å². The van der Waals surface area contributed by atoms with Crippen LogP contribution in [-0.4, -0.2) is 15.6 Å². The summed E-state index contributed by atoms with van der Waals surface area (Å²) in [5, 5.41) is 11.8. The first-order valence-corrected chi connectivity index (χ1v) is 7.43. The van der Waals surface area contributed by atoms with Crippen LogP contribution in [0.4, 0.5) is 0 Å². The van der Waals surface area contributed by atoms with Gasteiger partial charge >= 0.3 is 5.97 Å². The number of pyridine rings is 1. The predicted molar refractivity (Wildman–Crippen MR) is 83.2 cm³/mol. The molecule has 0 unspecified atom stereocenters. The molecule has 0 aliphatic carbocycles. The van der Waals surface area contributed by atoms with Gasteiger partial charge < -0.3 is 9.67 Å². The molecule has 0 bridgehead atoms. The van der Waals surface area contributed by atoms with Gasteiger partial charge in [0.1, 0.15) is 0 Å². The maximum Gasteiger partial charge on any atom is 0.336 e. The van der Waals surface area contributed by atoms with E-state index in [4.69, 9.17) is 0 Å². The minimum absolute atomic E-state index is 0.0583. The van der Waals surface area contributed by atoms with Gasteiger partial charge in [0.25, 0.3) is 5.56 Å². The molecule has 2 aromatic heterocycles. The van der Waals surface area contributed by atoms with Crippen molar-refractivity contribution in [1.82, 2.24) is 4.57 Å². The number of carbonyl (C=O) groups is 1. The summed E-state index contributed by atoms with van der Waals surface area (Å²) in [4.78, 5) is 24.7. The van der Waals surface area contributed by atoms with E-state index in [-0.39, 0.29) is 11.1 Å². The number of aromatic nitrogens is 1. The molecule has 0 fully saturated rings. The molecule has 0 aliphatic rings. The first kappa shape index (κ1) is 13.6. The molecular formula is C16H13NO3S. The standard InChI is InChI=1S/C16H13NO3S/c18-15-10-13(16(19)20)12-5-1-2-6-14(12)17(15)8-7-11-4-3-9-21-11/h1-6,9-10H,7-8H2,(H,19,20). The second kappa shape index (κ2) is 5.54. The van der Waals surface area contributed by atoms with Crippen LogP contribution in [0.15, 0.2) is 52.6 Å². The monoisotopic (exact) mass is 299 g/mol. The molecule has 106 valence electrons. The normalized spacial score (nSPS) is 10.9. The fourth-order valence-electron chi connectivity index (χ4n) is 2.42. The SMILES string of the molecule is O=C(O)c1cc(=O)n(CCc2cccs2)c2ccccc12. The lowest BCUT2D eigenvalue weighted by atomic mass is 10.1. The number of nitrogens with zero attached hydrogens (tertiary/aromatic N) is 1. The molecule has 4 nitrogen and oxygen atoms in total. The molecule has 0 saturated heterocycles. The molecule has 0 aliphatic heterocycles. The van der Waals surface area contributed by atoms with Crippen molar-refractivity contribution >= 4 is 28.2 Å². The van der Waals surface area contributed by atoms with Crippen LogP contribution in [0, 0.1) is 0 Å². The van der Waals surface area contributed by atoms with Crippen molar-refractivity contribution in [1.29, 1.82) is 0 Å². The molecule has 1 N–H and O–H groups in total. The quantitative estimate of drug-likeness (QED) is 0.805. The first-order valence-electron chi connectivity index (χ1n) is 6.55. The Balaban J connectivity index is 2.10. The van der Waals surface area contributed by atoms with Crippen LogP contribution in [-0.2, 0) is 13.0 Å². The average Bonchev–Trinajstić information content (AvgIpc) is 2.98. The number of hydrogen-bond acceptors (Lipinski definition) is 3. The van der Waals surface area contributed by atoms with Crippen molar-refractivity contribution in [2.24, 2.45) is 0 Å². The van der Waals surface area contributed by atoms with E-state index in [0.717, 1.165) is 6.42 Å². The van der Waals surface area contributed by atoms with Crippen molar-refractivity contribution in [3.8, 4) is 0 Å². The molecule has 3 rings (SSSR count). The van der Waals surface area contributed by atoms with E-state index in [1.807, 2.05) is 23.6 Å². The van der Waals surface area contributed by atoms with Crippen LogP contribution in [0.3, 0.4) is 0 Å². The fraction of sp³-hybridized carbons (Fsp3) is 0.125. The number of aromatic carboxylic acids is 1. The van der Waals surface area contributed by atoms with Crippen LogP contribution in [0.25, 0.3) is 10.9 Å². The van der Waals surface area contributed by atoms with Crippen molar-refractivity contribution in [3.05, 3.63) is 68.6 Å². The summed E-state index contributed by atoms with van der Waals surface area (Å²) >= 11 is 1.65. The summed E-state index contributed by atoms with van der Waals surface area (Å²) in [5.41, 5.74) is 0.449. The number of aryl methyl sites for hydroxylation is 2. The number of fused-ring (bicyclic) bond motifs is 1. The Hall–Kier alpha value is -2.40. The Bertz CT molecular complexity index is 850. The molecule has 5 heteroatoms. The smallest absolute Gasteiger partial charge is 0.336 e. The second-order valence-corrected chi connectivity index (χ2v) is 5.73. The molecule has 0 atom stereocenters. The number of benzene rings is 1. The summed E-state index contributed by atoms with van der Waals surface area (Å²) in [6.45, 7) is 0.541. The van der Waals surface area contributed by atoms with Gasteiger partial charge in [0.15, 0.2) is 0 Å². The minimum atomic E-state index is -1.08. The highest BCUT2D eigenvalue weighted by Gasteiger charge is 2.13. The van der Waals surface area contributed by atoms with Crippen LogP contribution >= 0.6 is 11.3 Å². The number of carboxylic acid groups (broad SMARTS) is 1. The first-order chi connectivity index (χ1) is 10.2. The summed E-state index contributed by atoms with van der Waals surface area (Å²) in [5.74, 6) is -1.08. The van der Waals surface area contributed by atoms with Gasteiger partial charge in [0, 0.05) is 22.9 Å². The third kappa shape index (κ3) is 2.60. The van der Waals surface area contributed by atoms with E-state index < -0.39 is 5.97 Å². The van der Waals surface area contributed by atoms with Crippen molar-refractivity contribution < 1.29 is 9.90 Å². The van der Waals surface area contributed by atoms with Gasteiger partial charge in [-0.15, -0.1) is 11.3 Å². The Kier molecular flexibility index (Phi) is 3.58. The van der Waals surface area contributed by atoms with Crippen LogP contribution < -0.4 is 5.56 Å². The largest absolute Gasteiger partial charge is 0.478 e. The number of rotatable bonds is 4. The Morgan fingerprint density at radius 2 is 2.00 bits per heavy atom. The Morgan fingerprint density at radius 1 is 1.19 bits per heavy atom. The Labute approximate surface area is 124 Å². The van der Waals surface area contributed by atoms with Gasteiger partial charge in [-0.3, -0.25) is 4.79 Å². The molecule has 1 aromatic carbocycles. The average molecular weight is 299 g/mol. The molecule has 0 radical (unpaired) electrons. The molecule has 0 spiro atoms. The van der Waals surface area contributed by atoms with Crippen LogP contribution in [0.5, 0.6) is 0 Å². The van der Waals surface area contributed by atoms with E-state index in [0.29, 0.717) is 17.4 Å². The Morgan fingerprint density at radius 3 is 2.71 bits per heavy atom. The van der Waals surface area contributed by atoms with Gasteiger partial charge in [-0.25, -0.2) is 4.79 Å². The van der Waals surface area contributed by atoms with E-state index in [1.54, 1.807) is 34.1 Å². The summed E-state index contributed by atoms with van der Waals surface area (Å²) in [7, 11) is 0. The highest BCUT2D eigenvalue weighted by atomic mass is 32.1. The zero-order valence-electron chi connectivity index (χ0n) is 11.2. The van der Waals surface area contributed by atoms with Gasteiger partial charge in [-0.1, -0.05) is 24.3 Å². The maximum atomic E-state index is 12.2. The number of para-hydroxylation sites is 1. The topological polar surface area (TPSA) is 59.3 Å². The molecule has 21 heavy (non-hydrogen) atoms. The number of hydrogen-bond donors (Lipinski definition) is 1. The van der Waals surface area contributed by atoms with E-state index in [9.17, 15) is 14.7 Å². The lowest BCUT2D eigenvalue weighted by Crippen LogP contribution is -2.22.